The molecule has 4 heteroatoms. The van der Waals surface area contributed by atoms with E-state index in [4.69, 9.17) is 4.74 Å². The lowest BCUT2D eigenvalue weighted by atomic mass is 10.1. The molecule has 2 rings (SSSR count). The van der Waals surface area contributed by atoms with Crippen LogP contribution in [0.3, 0.4) is 0 Å². The third-order valence-corrected chi connectivity index (χ3v) is 4.86. The van der Waals surface area contributed by atoms with Gasteiger partial charge in [-0.2, -0.15) is 0 Å². The van der Waals surface area contributed by atoms with Gasteiger partial charge in [0.25, 0.3) is 0 Å². The Morgan fingerprint density at radius 3 is 2.39 bits per heavy atom. The molecule has 0 aliphatic rings. The molecule has 0 amide bonds. The molecule has 152 valence electrons. The van der Waals surface area contributed by atoms with E-state index in [0.29, 0.717) is 30.9 Å². The van der Waals surface area contributed by atoms with Crippen LogP contribution in [0.1, 0.15) is 70.3 Å². The highest BCUT2D eigenvalue weighted by molar-refractivity contribution is 5.60. The number of carbonyl (C=O) groups excluding carboxylic acids is 1. The maximum Gasteiger partial charge on any atom is 0.165 e. The molecule has 1 aromatic carbocycles. The summed E-state index contributed by atoms with van der Waals surface area (Å²) >= 11 is 0. The molecule has 1 heterocycles. The number of carbonyl (C=O) groups is 1. The predicted octanol–water partition coefficient (Wildman–Crippen LogP) is 6.54. The normalized spacial score (nSPS) is 10.8. The van der Waals surface area contributed by atoms with Gasteiger partial charge in [-0.3, -0.25) is 4.98 Å². The largest absolute Gasteiger partial charge is 0.491 e. The van der Waals surface area contributed by atoms with Gasteiger partial charge >= 0.3 is 0 Å². The lowest BCUT2D eigenvalue weighted by Gasteiger charge is -2.09. The van der Waals surface area contributed by atoms with Gasteiger partial charge in [-0.15, -0.1) is 0 Å². The Bertz CT molecular complexity index is 700. The van der Waals surface area contributed by atoms with Crippen molar-refractivity contribution in [3.63, 3.8) is 0 Å². The Balaban J connectivity index is 1.75. The Morgan fingerprint density at radius 2 is 1.75 bits per heavy atom. The Labute approximate surface area is 168 Å². The highest BCUT2D eigenvalue weighted by Crippen LogP contribution is 2.25. The zero-order chi connectivity index (χ0) is 20.0. The fourth-order valence-corrected chi connectivity index (χ4v) is 3.16. The Hall–Kier alpha value is -2.23. The van der Waals surface area contributed by atoms with Crippen molar-refractivity contribution in [3.05, 3.63) is 47.9 Å². The molecule has 0 radical (unpaired) electrons. The molecule has 0 aliphatic carbocycles. The van der Waals surface area contributed by atoms with Crippen LogP contribution in [-0.4, -0.2) is 17.9 Å². The number of halogens is 1. The minimum Gasteiger partial charge on any atom is -0.491 e. The van der Waals surface area contributed by atoms with Crippen LogP contribution in [0.4, 0.5) is 4.39 Å². The van der Waals surface area contributed by atoms with Crippen molar-refractivity contribution in [2.75, 3.05) is 6.61 Å². The second-order valence-corrected chi connectivity index (χ2v) is 7.23. The van der Waals surface area contributed by atoms with Crippen LogP contribution >= 0.6 is 0 Å². The van der Waals surface area contributed by atoms with E-state index in [9.17, 15) is 9.18 Å². The van der Waals surface area contributed by atoms with Crippen LogP contribution < -0.4 is 4.74 Å². The van der Waals surface area contributed by atoms with E-state index in [1.54, 1.807) is 12.3 Å². The monoisotopic (exact) mass is 385 g/mol. The highest BCUT2D eigenvalue weighted by atomic mass is 19.1. The summed E-state index contributed by atoms with van der Waals surface area (Å²) in [7, 11) is 0. The molecule has 3 nitrogen and oxygen atoms in total. The number of ether oxygens (including phenoxy) is 1. The molecule has 2 aromatic rings. The molecule has 0 atom stereocenters. The SMILES string of the molecule is CCCCCCCCCCOc1ccc(-c2ccc(CCC=O)cn2)cc1F. The third kappa shape index (κ3) is 7.79. The van der Waals surface area contributed by atoms with Gasteiger partial charge in [-0.1, -0.05) is 57.9 Å². The number of aryl methyl sites for hydroxylation is 1. The molecule has 0 saturated heterocycles. The average molecular weight is 386 g/mol. The molecule has 0 N–H and O–H groups in total. The average Bonchev–Trinajstić information content (AvgIpc) is 2.72. The summed E-state index contributed by atoms with van der Waals surface area (Å²) < 4.78 is 19.9. The summed E-state index contributed by atoms with van der Waals surface area (Å²) in [6, 6.07) is 8.76. The summed E-state index contributed by atoms with van der Waals surface area (Å²) in [5.74, 6) is -0.0572. The summed E-state index contributed by atoms with van der Waals surface area (Å²) in [6.07, 6.45) is 13.7. The highest BCUT2D eigenvalue weighted by Gasteiger charge is 2.07. The fraction of sp³-hybridized carbons (Fsp3) is 0.500. The van der Waals surface area contributed by atoms with Crippen LogP contribution in [0.25, 0.3) is 11.3 Å². The van der Waals surface area contributed by atoms with E-state index >= 15 is 0 Å². The molecule has 0 unspecified atom stereocenters. The quantitative estimate of drug-likeness (QED) is 0.274. The molecule has 0 fully saturated rings. The first-order valence-corrected chi connectivity index (χ1v) is 10.6. The molecule has 0 saturated carbocycles. The second-order valence-electron chi connectivity index (χ2n) is 7.23. The van der Waals surface area contributed by atoms with Crippen LogP contribution in [0.15, 0.2) is 36.5 Å². The zero-order valence-corrected chi connectivity index (χ0v) is 17.0. The van der Waals surface area contributed by atoms with Crippen molar-refractivity contribution in [1.29, 1.82) is 0 Å². The smallest absolute Gasteiger partial charge is 0.165 e. The molecular weight excluding hydrogens is 353 g/mol. The summed E-state index contributed by atoms with van der Waals surface area (Å²) in [4.78, 5) is 14.8. The summed E-state index contributed by atoms with van der Waals surface area (Å²) in [6.45, 7) is 2.78. The topological polar surface area (TPSA) is 39.2 Å². The van der Waals surface area contributed by atoms with Crippen LogP contribution in [-0.2, 0) is 11.2 Å². The lowest BCUT2D eigenvalue weighted by molar-refractivity contribution is -0.107. The van der Waals surface area contributed by atoms with Crippen LogP contribution in [0.2, 0.25) is 0 Å². The van der Waals surface area contributed by atoms with Gasteiger partial charge < -0.3 is 9.53 Å². The number of hydrogen-bond donors (Lipinski definition) is 0. The standard InChI is InChI=1S/C24H32FNO2/c1-2-3-4-5-6-7-8-9-17-28-24-15-13-21(18-22(24)25)23-14-12-20(19-26-23)11-10-16-27/h12-16,18-19H,2-11,17H2,1H3. The molecule has 0 aliphatic heterocycles. The van der Waals surface area contributed by atoms with Gasteiger partial charge in [0.05, 0.1) is 12.3 Å². The molecule has 0 bridgehead atoms. The number of aldehydes is 1. The van der Waals surface area contributed by atoms with Crippen LogP contribution in [0.5, 0.6) is 5.75 Å². The number of unbranched alkanes of at least 4 members (excludes halogenated alkanes) is 7. The van der Waals surface area contributed by atoms with Crippen molar-refractivity contribution in [2.24, 2.45) is 0 Å². The summed E-state index contributed by atoms with van der Waals surface area (Å²) in [5, 5.41) is 0. The molecule has 28 heavy (non-hydrogen) atoms. The Kier molecular flexibility index (Phi) is 10.3. The van der Waals surface area contributed by atoms with Gasteiger partial charge in [0.15, 0.2) is 11.6 Å². The predicted molar refractivity (Wildman–Crippen MR) is 112 cm³/mol. The number of rotatable bonds is 14. The van der Waals surface area contributed by atoms with E-state index in [1.165, 1.54) is 44.6 Å². The van der Waals surface area contributed by atoms with Crippen molar-refractivity contribution in [1.82, 2.24) is 4.98 Å². The number of hydrogen-bond acceptors (Lipinski definition) is 3. The first kappa shape index (κ1) is 22.1. The molecule has 0 spiro atoms. The van der Waals surface area contributed by atoms with Crippen molar-refractivity contribution in [2.45, 2.75) is 71.1 Å². The van der Waals surface area contributed by atoms with E-state index < -0.39 is 0 Å². The van der Waals surface area contributed by atoms with Crippen LogP contribution in [0, 0.1) is 5.82 Å². The van der Waals surface area contributed by atoms with Crippen molar-refractivity contribution < 1.29 is 13.9 Å². The maximum absolute atomic E-state index is 14.3. The zero-order valence-electron chi connectivity index (χ0n) is 17.0. The van der Waals surface area contributed by atoms with E-state index in [1.807, 2.05) is 18.2 Å². The third-order valence-electron chi connectivity index (χ3n) is 4.86. The van der Waals surface area contributed by atoms with Gasteiger partial charge in [-0.25, -0.2) is 4.39 Å². The molecular formula is C24H32FNO2. The summed E-state index contributed by atoms with van der Waals surface area (Å²) in [5.41, 5.74) is 2.43. The van der Waals surface area contributed by atoms with E-state index in [-0.39, 0.29) is 5.82 Å². The minimum atomic E-state index is -0.358. The number of benzene rings is 1. The first-order valence-electron chi connectivity index (χ1n) is 10.6. The van der Waals surface area contributed by atoms with Gasteiger partial charge in [0, 0.05) is 18.2 Å². The number of aromatic nitrogens is 1. The van der Waals surface area contributed by atoms with E-state index in [0.717, 1.165) is 30.3 Å². The second kappa shape index (κ2) is 13.0. The van der Waals surface area contributed by atoms with Gasteiger partial charge in [-0.05, 0) is 42.7 Å². The number of nitrogens with zero attached hydrogens (tertiary/aromatic N) is 1. The first-order chi connectivity index (χ1) is 13.7. The Morgan fingerprint density at radius 1 is 1.00 bits per heavy atom. The van der Waals surface area contributed by atoms with E-state index in [2.05, 4.69) is 11.9 Å². The molecule has 1 aromatic heterocycles. The maximum atomic E-state index is 14.3. The fourth-order valence-electron chi connectivity index (χ4n) is 3.16. The number of pyridine rings is 1. The van der Waals surface area contributed by atoms with Crippen molar-refractivity contribution in [3.8, 4) is 17.0 Å². The van der Waals surface area contributed by atoms with Gasteiger partial charge in [0.1, 0.15) is 6.29 Å². The lowest BCUT2D eigenvalue weighted by Crippen LogP contribution is -1.99. The minimum absolute atomic E-state index is 0.300. The van der Waals surface area contributed by atoms with Gasteiger partial charge in [0.2, 0.25) is 0 Å². The van der Waals surface area contributed by atoms with Crippen molar-refractivity contribution >= 4 is 6.29 Å².